The highest BCUT2D eigenvalue weighted by Gasteiger charge is 1.93. The Balaban J connectivity index is 2.77. The van der Waals surface area contributed by atoms with Crippen LogP contribution in [-0.2, 0) is 4.79 Å². The van der Waals surface area contributed by atoms with E-state index >= 15 is 0 Å². The fourth-order valence-electron chi connectivity index (χ4n) is 0.906. The SMILES string of the molecule is C=Cc1ccc(NC(C)=O)cc1. The van der Waals surface area contributed by atoms with Gasteiger partial charge >= 0.3 is 0 Å². The lowest BCUT2D eigenvalue weighted by Gasteiger charge is -2.00. The fraction of sp³-hybridized carbons (Fsp3) is 0.100. The molecule has 0 aliphatic heterocycles. The van der Waals surface area contributed by atoms with E-state index in [9.17, 15) is 4.79 Å². The van der Waals surface area contributed by atoms with Gasteiger partial charge in [0, 0.05) is 12.6 Å². The molecule has 0 aromatic heterocycles. The number of rotatable bonds is 2. The molecule has 1 aromatic rings. The molecule has 1 N–H and O–H groups in total. The average Bonchev–Trinajstić information content (AvgIpc) is 2.05. The molecule has 1 aromatic carbocycles. The Kier molecular flexibility index (Phi) is 2.64. The molecular formula is C10H11NO. The zero-order valence-corrected chi connectivity index (χ0v) is 7.00. The minimum absolute atomic E-state index is 0.0543. The quantitative estimate of drug-likeness (QED) is 0.708. The minimum Gasteiger partial charge on any atom is -0.326 e. The van der Waals surface area contributed by atoms with Crippen LogP contribution < -0.4 is 5.32 Å². The van der Waals surface area contributed by atoms with E-state index in [0.29, 0.717) is 0 Å². The van der Waals surface area contributed by atoms with Gasteiger partial charge < -0.3 is 5.32 Å². The summed E-state index contributed by atoms with van der Waals surface area (Å²) in [6, 6.07) is 7.49. The third-order valence-corrected chi connectivity index (χ3v) is 1.47. The Bertz CT molecular complexity index is 287. The summed E-state index contributed by atoms with van der Waals surface area (Å²) in [5.74, 6) is -0.0543. The van der Waals surface area contributed by atoms with Gasteiger partial charge in [0.1, 0.15) is 0 Å². The van der Waals surface area contributed by atoms with Crippen molar-refractivity contribution in [2.75, 3.05) is 5.32 Å². The predicted octanol–water partition coefficient (Wildman–Crippen LogP) is 2.29. The van der Waals surface area contributed by atoms with Crippen molar-refractivity contribution in [2.24, 2.45) is 0 Å². The van der Waals surface area contributed by atoms with E-state index in [1.807, 2.05) is 24.3 Å². The van der Waals surface area contributed by atoms with Gasteiger partial charge in [0.05, 0.1) is 0 Å². The Morgan fingerprint density at radius 1 is 1.42 bits per heavy atom. The number of hydrogen-bond acceptors (Lipinski definition) is 1. The van der Waals surface area contributed by atoms with E-state index in [1.165, 1.54) is 6.92 Å². The lowest BCUT2D eigenvalue weighted by Crippen LogP contribution is -2.05. The highest BCUT2D eigenvalue weighted by Crippen LogP contribution is 2.09. The topological polar surface area (TPSA) is 29.1 Å². The van der Waals surface area contributed by atoms with Gasteiger partial charge in [-0.25, -0.2) is 0 Å². The molecule has 12 heavy (non-hydrogen) atoms. The molecule has 0 fully saturated rings. The summed E-state index contributed by atoms with van der Waals surface area (Å²) in [5, 5.41) is 2.68. The smallest absolute Gasteiger partial charge is 0.221 e. The van der Waals surface area contributed by atoms with Crippen molar-refractivity contribution in [1.82, 2.24) is 0 Å². The fourth-order valence-corrected chi connectivity index (χ4v) is 0.906. The van der Waals surface area contributed by atoms with Crippen LogP contribution in [-0.4, -0.2) is 5.91 Å². The van der Waals surface area contributed by atoms with Gasteiger partial charge in [0.15, 0.2) is 0 Å². The molecule has 0 atom stereocenters. The molecule has 1 rings (SSSR count). The summed E-state index contributed by atoms with van der Waals surface area (Å²) < 4.78 is 0. The molecule has 0 aliphatic carbocycles. The van der Waals surface area contributed by atoms with E-state index in [2.05, 4.69) is 11.9 Å². The van der Waals surface area contributed by atoms with Crippen molar-refractivity contribution in [1.29, 1.82) is 0 Å². The molecular weight excluding hydrogens is 150 g/mol. The standard InChI is InChI=1S/C10H11NO/c1-3-9-4-6-10(7-5-9)11-8(2)12/h3-7H,1H2,2H3,(H,11,12). The first-order valence-electron chi connectivity index (χ1n) is 3.72. The van der Waals surface area contributed by atoms with E-state index in [4.69, 9.17) is 0 Å². The van der Waals surface area contributed by atoms with E-state index in [-0.39, 0.29) is 5.91 Å². The Hall–Kier alpha value is -1.57. The Labute approximate surface area is 71.9 Å². The summed E-state index contributed by atoms with van der Waals surface area (Å²) >= 11 is 0. The third-order valence-electron chi connectivity index (χ3n) is 1.47. The van der Waals surface area contributed by atoms with Gasteiger partial charge in [-0.1, -0.05) is 24.8 Å². The van der Waals surface area contributed by atoms with Crippen LogP contribution in [0.25, 0.3) is 6.08 Å². The number of carbonyl (C=O) groups is 1. The molecule has 0 aliphatic rings. The third kappa shape index (κ3) is 2.23. The van der Waals surface area contributed by atoms with Crippen LogP contribution in [0.15, 0.2) is 30.8 Å². The maximum atomic E-state index is 10.6. The van der Waals surface area contributed by atoms with Gasteiger partial charge in [-0.05, 0) is 17.7 Å². The Morgan fingerprint density at radius 2 is 2.00 bits per heavy atom. The summed E-state index contributed by atoms with van der Waals surface area (Å²) in [4.78, 5) is 10.6. The number of anilines is 1. The van der Waals surface area contributed by atoms with Crippen LogP contribution in [0.5, 0.6) is 0 Å². The zero-order valence-electron chi connectivity index (χ0n) is 7.00. The number of amides is 1. The molecule has 62 valence electrons. The summed E-state index contributed by atoms with van der Waals surface area (Å²) in [6.07, 6.45) is 1.76. The largest absolute Gasteiger partial charge is 0.326 e. The van der Waals surface area contributed by atoms with Crippen LogP contribution in [0.2, 0.25) is 0 Å². The molecule has 0 bridgehead atoms. The van der Waals surface area contributed by atoms with Crippen molar-refractivity contribution < 1.29 is 4.79 Å². The first-order valence-corrected chi connectivity index (χ1v) is 3.72. The Morgan fingerprint density at radius 3 is 2.42 bits per heavy atom. The van der Waals surface area contributed by atoms with Crippen molar-refractivity contribution in [3.05, 3.63) is 36.4 Å². The van der Waals surface area contributed by atoms with Gasteiger partial charge in [-0.3, -0.25) is 4.79 Å². The molecule has 1 amide bonds. The molecule has 0 unspecified atom stereocenters. The predicted molar refractivity (Wildman–Crippen MR) is 50.8 cm³/mol. The number of hydrogen-bond donors (Lipinski definition) is 1. The molecule has 0 radical (unpaired) electrons. The second-order valence-electron chi connectivity index (χ2n) is 2.51. The van der Waals surface area contributed by atoms with E-state index in [0.717, 1.165) is 11.3 Å². The molecule has 2 heteroatoms. The second-order valence-corrected chi connectivity index (χ2v) is 2.51. The zero-order chi connectivity index (χ0) is 8.97. The van der Waals surface area contributed by atoms with Crippen LogP contribution in [0, 0.1) is 0 Å². The average molecular weight is 161 g/mol. The molecule has 0 heterocycles. The van der Waals surface area contributed by atoms with Crippen molar-refractivity contribution >= 4 is 17.7 Å². The number of carbonyl (C=O) groups excluding carboxylic acids is 1. The lowest BCUT2D eigenvalue weighted by molar-refractivity contribution is -0.114. The van der Waals surface area contributed by atoms with Crippen molar-refractivity contribution in [3.63, 3.8) is 0 Å². The van der Waals surface area contributed by atoms with Crippen LogP contribution >= 0.6 is 0 Å². The summed E-state index contributed by atoms with van der Waals surface area (Å²) in [5.41, 5.74) is 1.86. The summed E-state index contributed by atoms with van der Waals surface area (Å²) in [6.45, 7) is 5.12. The molecule has 0 saturated heterocycles. The van der Waals surface area contributed by atoms with Crippen molar-refractivity contribution in [3.8, 4) is 0 Å². The highest BCUT2D eigenvalue weighted by molar-refractivity contribution is 5.88. The van der Waals surface area contributed by atoms with E-state index < -0.39 is 0 Å². The van der Waals surface area contributed by atoms with Gasteiger partial charge in [0.2, 0.25) is 5.91 Å². The van der Waals surface area contributed by atoms with Gasteiger partial charge in [-0.15, -0.1) is 0 Å². The van der Waals surface area contributed by atoms with Crippen LogP contribution in [0.1, 0.15) is 12.5 Å². The molecule has 2 nitrogen and oxygen atoms in total. The normalized spacial score (nSPS) is 9.08. The first-order chi connectivity index (χ1) is 5.72. The number of nitrogens with one attached hydrogen (secondary N) is 1. The maximum absolute atomic E-state index is 10.6. The minimum atomic E-state index is -0.0543. The monoisotopic (exact) mass is 161 g/mol. The molecule has 0 saturated carbocycles. The van der Waals surface area contributed by atoms with E-state index in [1.54, 1.807) is 6.08 Å². The molecule has 0 spiro atoms. The highest BCUT2D eigenvalue weighted by atomic mass is 16.1. The van der Waals surface area contributed by atoms with Gasteiger partial charge in [-0.2, -0.15) is 0 Å². The van der Waals surface area contributed by atoms with Crippen LogP contribution in [0.3, 0.4) is 0 Å². The van der Waals surface area contributed by atoms with Crippen LogP contribution in [0.4, 0.5) is 5.69 Å². The maximum Gasteiger partial charge on any atom is 0.221 e. The van der Waals surface area contributed by atoms with Crippen molar-refractivity contribution in [2.45, 2.75) is 6.92 Å². The lowest BCUT2D eigenvalue weighted by atomic mass is 10.2. The van der Waals surface area contributed by atoms with Gasteiger partial charge in [0.25, 0.3) is 0 Å². The number of benzene rings is 1. The first kappa shape index (κ1) is 8.53. The second kappa shape index (κ2) is 3.72. The summed E-state index contributed by atoms with van der Waals surface area (Å²) in [7, 11) is 0.